The molecule has 0 radical (unpaired) electrons. The second-order valence-corrected chi connectivity index (χ2v) is 7.39. The number of carbonyl (C=O) groups excluding carboxylic acids is 1. The number of amidine groups is 1. The van der Waals surface area contributed by atoms with Gasteiger partial charge in [0.15, 0.2) is 17.3 Å². The molecular formula is C23H23N5O4. The van der Waals surface area contributed by atoms with Crippen LogP contribution in [0.1, 0.15) is 11.1 Å². The van der Waals surface area contributed by atoms with Gasteiger partial charge in [-0.15, -0.1) is 0 Å². The minimum atomic E-state index is -0.139. The van der Waals surface area contributed by atoms with Gasteiger partial charge < -0.3 is 14.2 Å². The molecule has 3 aromatic rings. The average Bonchev–Trinajstić information content (AvgIpc) is 3.49. The number of ether oxygens (including phenoxy) is 3. The van der Waals surface area contributed by atoms with E-state index >= 15 is 0 Å². The molecule has 32 heavy (non-hydrogen) atoms. The van der Waals surface area contributed by atoms with E-state index in [-0.39, 0.29) is 6.03 Å². The predicted octanol–water partition coefficient (Wildman–Crippen LogP) is 3.10. The summed E-state index contributed by atoms with van der Waals surface area (Å²) < 4.78 is 18.2. The summed E-state index contributed by atoms with van der Waals surface area (Å²) in [6, 6.07) is 13.3. The van der Waals surface area contributed by atoms with Crippen molar-refractivity contribution >= 4 is 17.7 Å². The SMILES string of the molecule is COc1cc(CN2C(=O)N3CCN=C3c3cnn(-c4ccccc4)c32)cc(OC)c1OC. The van der Waals surface area contributed by atoms with Crippen LogP contribution >= 0.6 is 0 Å². The van der Waals surface area contributed by atoms with Gasteiger partial charge in [-0.05, 0) is 29.8 Å². The molecule has 0 atom stereocenters. The number of hydrogen-bond donors (Lipinski definition) is 0. The highest BCUT2D eigenvalue weighted by Gasteiger charge is 2.40. The van der Waals surface area contributed by atoms with Crippen molar-refractivity contribution in [3.05, 3.63) is 59.8 Å². The zero-order chi connectivity index (χ0) is 22.2. The second kappa shape index (κ2) is 7.92. The number of hydrogen-bond acceptors (Lipinski definition) is 6. The molecule has 0 aliphatic carbocycles. The molecule has 2 amide bonds. The Kier molecular flexibility index (Phi) is 4.93. The number of methoxy groups -OCH3 is 3. The minimum absolute atomic E-state index is 0.139. The van der Waals surface area contributed by atoms with Crippen LogP contribution in [0.15, 0.2) is 53.7 Å². The highest BCUT2D eigenvalue weighted by atomic mass is 16.5. The fraction of sp³-hybridized carbons (Fsp3) is 0.261. The van der Waals surface area contributed by atoms with E-state index < -0.39 is 0 Å². The molecule has 5 rings (SSSR count). The van der Waals surface area contributed by atoms with E-state index in [9.17, 15) is 4.79 Å². The van der Waals surface area contributed by atoms with E-state index in [1.165, 1.54) is 0 Å². The van der Waals surface area contributed by atoms with Gasteiger partial charge in [-0.25, -0.2) is 9.48 Å². The van der Waals surface area contributed by atoms with Crippen LogP contribution in [0.3, 0.4) is 0 Å². The molecule has 0 saturated carbocycles. The third kappa shape index (κ3) is 3.05. The maximum absolute atomic E-state index is 13.5. The first kappa shape index (κ1) is 19.9. The number of para-hydroxylation sites is 1. The van der Waals surface area contributed by atoms with Crippen molar-refractivity contribution in [2.45, 2.75) is 6.54 Å². The summed E-state index contributed by atoms with van der Waals surface area (Å²) in [4.78, 5) is 21.5. The van der Waals surface area contributed by atoms with Crippen LogP contribution in [0.4, 0.5) is 10.6 Å². The molecule has 0 saturated heterocycles. The monoisotopic (exact) mass is 433 g/mol. The fourth-order valence-electron chi connectivity index (χ4n) is 4.17. The van der Waals surface area contributed by atoms with Crippen molar-refractivity contribution in [1.82, 2.24) is 14.7 Å². The largest absolute Gasteiger partial charge is 0.493 e. The second-order valence-electron chi connectivity index (χ2n) is 7.39. The third-order valence-corrected chi connectivity index (χ3v) is 5.61. The smallest absolute Gasteiger partial charge is 0.331 e. The topological polar surface area (TPSA) is 81.4 Å². The van der Waals surface area contributed by atoms with E-state index in [2.05, 4.69) is 10.1 Å². The van der Waals surface area contributed by atoms with Gasteiger partial charge in [0.25, 0.3) is 0 Å². The Hall–Kier alpha value is -4.01. The summed E-state index contributed by atoms with van der Waals surface area (Å²) in [6.07, 6.45) is 1.77. The van der Waals surface area contributed by atoms with Crippen LogP contribution in [0.2, 0.25) is 0 Å². The maximum atomic E-state index is 13.5. The normalized spacial score (nSPS) is 14.7. The number of fused-ring (bicyclic) bond motifs is 3. The Morgan fingerprint density at radius 3 is 2.38 bits per heavy atom. The molecule has 2 aliphatic rings. The van der Waals surface area contributed by atoms with Crippen molar-refractivity contribution in [1.29, 1.82) is 0 Å². The Morgan fingerprint density at radius 2 is 1.72 bits per heavy atom. The molecule has 9 nitrogen and oxygen atoms in total. The number of urea groups is 1. The van der Waals surface area contributed by atoms with Crippen LogP contribution in [0.25, 0.3) is 5.69 Å². The van der Waals surface area contributed by atoms with Crippen molar-refractivity contribution in [3.63, 3.8) is 0 Å². The standard InChI is InChI=1S/C23H23N5O4/c1-30-18-11-15(12-19(31-2)20(18)32-3)14-27-22-17(21-24-9-10-26(21)23(27)29)13-25-28(22)16-7-5-4-6-8-16/h4-8,11-13H,9-10,14H2,1-3H3. The summed E-state index contributed by atoms with van der Waals surface area (Å²) in [5.41, 5.74) is 2.53. The zero-order valence-corrected chi connectivity index (χ0v) is 18.1. The molecular weight excluding hydrogens is 410 g/mol. The van der Waals surface area contributed by atoms with Gasteiger partial charge in [0.2, 0.25) is 5.75 Å². The minimum Gasteiger partial charge on any atom is -0.493 e. The lowest BCUT2D eigenvalue weighted by molar-refractivity contribution is 0.228. The number of aromatic nitrogens is 2. The first-order valence-corrected chi connectivity index (χ1v) is 10.2. The molecule has 9 heteroatoms. The number of anilines is 1. The molecule has 0 fully saturated rings. The lowest BCUT2D eigenvalue weighted by Crippen LogP contribution is -2.49. The van der Waals surface area contributed by atoms with Crippen molar-refractivity contribution in [3.8, 4) is 22.9 Å². The Morgan fingerprint density at radius 1 is 1.00 bits per heavy atom. The van der Waals surface area contributed by atoms with Crippen molar-refractivity contribution in [2.24, 2.45) is 4.99 Å². The highest BCUT2D eigenvalue weighted by molar-refractivity contribution is 6.19. The Labute approximate surface area is 185 Å². The van der Waals surface area contributed by atoms with Gasteiger partial charge in [0.05, 0.1) is 51.9 Å². The van der Waals surface area contributed by atoms with E-state index in [1.54, 1.807) is 42.0 Å². The molecule has 0 N–H and O–H groups in total. The average molecular weight is 433 g/mol. The third-order valence-electron chi connectivity index (χ3n) is 5.61. The summed E-state index contributed by atoms with van der Waals surface area (Å²) >= 11 is 0. The molecule has 0 bridgehead atoms. The fourth-order valence-corrected chi connectivity index (χ4v) is 4.17. The van der Waals surface area contributed by atoms with Gasteiger partial charge in [-0.3, -0.25) is 14.8 Å². The quantitative estimate of drug-likeness (QED) is 0.597. The highest BCUT2D eigenvalue weighted by Crippen LogP contribution is 2.40. The zero-order valence-electron chi connectivity index (χ0n) is 18.1. The lowest BCUT2D eigenvalue weighted by Gasteiger charge is -2.34. The number of benzene rings is 2. The summed E-state index contributed by atoms with van der Waals surface area (Å²) in [5.74, 6) is 2.94. The number of aliphatic imine (C=N–C) groups is 1. The summed E-state index contributed by atoms with van der Waals surface area (Å²) in [6.45, 7) is 1.43. The molecule has 3 heterocycles. The lowest BCUT2D eigenvalue weighted by atomic mass is 10.1. The summed E-state index contributed by atoms with van der Waals surface area (Å²) in [5, 5.41) is 4.60. The van der Waals surface area contributed by atoms with Crippen LogP contribution < -0.4 is 19.1 Å². The molecule has 2 aliphatic heterocycles. The number of nitrogens with zero attached hydrogens (tertiary/aromatic N) is 5. The summed E-state index contributed by atoms with van der Waals surface area (Å²) in [7, 11) is 4.71. The van der Waals surface area contributed by atoms with E-state index in [1.807, 2.05) is 42.5 Å². The molecule has 2 aromatic carbocycles. The van der Waals surface area contributed by atoms with Gasteiger partial charge >= 0.3 is 6.03 Å². The van der Waals surface area contributed by atoms with Crippen LogP contribution in [0, 0.1) is 0 Å². The van der Waals surface area contributed by atoms with Gasteiger partial charge in [-0.2, -0.15) is 5.10 Å². The Bertz CT molecular complexity index is 1180. The Balaban J connectivity index is 1.63. The predicted molar refractivity (Wildman–Crippen MR) is 119 cm³/mol. The number of rotatable bonds is 6. The van der Waals surface area contributed by atoms with Gasteiger partial charge in [-0.1, -0.05) is 18.2 Å². The number of amides is 2. The van der Waals surface area contributed by atoms with Crippen molar-refractivity contribution in [2.75, 3.05) is 39.3 Å². The van der Waals surface area contributed by atoms with E-state index in [4.69, 9.17) is 14.2 Å². The van der Waals surface area contributed by atoms with E-state index in [0.717, 1.165) is 16.8 Å². The first-order chi connectivity index (χ1) is 15.7. The van der Waals surface area contributed by atoms with Crippen molar-refractivity contribution < 1.29 is 19.0 Å². The van der Waals surface area contributed by atoms with Gasteiger partial charge in [0.1, 0.15) is 5.84 Å². The van der Waals surface area contributed by atoms with Crippen LogP contribution in [-0.4, -0.2) is 61.0 Å². The molecule has 0 spiro atoms. The molecule has 1 aromatic heterocycles. The first-order valence-electron chi connectivity index (χ1n) is 10.2. The van der Waals surface area contributed by atoms with Crippen LogP contribution in [-0.2, 0) is 6.54 Å². The van der Waals surface area contributed by atoms with Crippen LogP contribution in [0.5, 0.6) is 17.2 Å². The van der Waals surface area contributed by atoms with E-state index in [0.29, 0.717) is 48.5 Å². The maximum Gasteiger partial charge on any atom is 0.331 e. The molecule has 164 valence electrons. The van der Waals surface area contributed by atoms with Gasteiger partial charge in [0, 0.05) is 6.54 Å². The number of carbonyl (C=O) groups is 1. The molecule has 0 unspecified atom stereocenters.